The van der Waals surface area contributed by atoms with Crippen molar-refractivity contribution in [2.75, 3.05) is 38.6 Å². The minimum Gasteiger partial charge on any atom is -0.465 e. The highest BCUT2D eigenvalue weighted by molar-refractivity contribution is 5.89. The Morgan fingerprint density at radius 3 is 2.23 bits per heavy atom. The molecule has 3 rings (SSSR count). The molecule has 0 aromatic heterocycles. The average Bonchev–Trinajstić information content (AvgIpc) is 2.69. The number of rotatable bonds is 4. The Kier molecular flexibility index (Phi) is 5.86. The Balaban J connectivity index is 1.47. The van der Waals surface area contributed by atoms with E-state index in [1.54, 1.807) is 12.1 Å². The number of benzene rings is 2. The summed E-state index contributed by atoms with van der Waals surface area (Å²) in [7, 11) is 1.38. The Morgan fingerprint density at radius 2 is 1.62 bits per heavy atom. The molecular formula is C20H23N3O3. The summed E-state index contributed by atoms with van der Waals surface area (Å²) in [6.45, 7) is 3.83. The molecule has 136 valence electrons. The Labute approximate surface area is 153 Å². The fraction of sp³-hybridized carbons (Fsp3) is 0.300. The number of nitrogens with one attached hydrogen (secondary N) is 1. The van der Waals surface area contributed by atoms with Gasteiger partial charge in [0, 0.05) is 38.4 Å². The van der Waals surface area contributed by atoms with Crippen molar-refractivity contribution in [3.8, 4) is 0 Å². The molecule has 1 heterocycles. The molecule has 0 saturated carbocycles. The molecule has 1 aliphatic heterocycles. The van der Waals surface area contributed by atoms with Crippen molar-refractivity contribution in [2.45, 2.75) is 6.54 Å². The summed E-state index contributed by atoms with van der Waals surface area (Å²) in [5.41, 5.74) is 2.50. The molecule has 0 spiro atoms. The molecule has 26 heavy (non-hydrogen) atoms. The van der Waals surface area contributed by atoms with Crippen LogP contribution < -0.4 is 5.32 Å². The second-order valence-corrected chi connectivity index (χ2v) is 6.25. The van der Waals surface area contributed by atoms with Gasteiger partial charge in [0.05, 0.1) is 12.7 Å². The maximum atomic E-state index is 12.3. The van der Waals surface area contributed by atoms with Gasteiger partial charge in [-0.3, -0.25) is 4.90 Å². The first-order chi connectivity index (χ1) is 12.7. The highest BCUT2D eigenvalue weighted by Crippen LogP contribution is 2.12. The van der Waals surface area contributed by atoms with Crippen LogP contribution in [-0.4, -0.2) is 55.1 Å². The lowest BCUT2D eigenvalue weighted by Crippen LogP contribution is -2.49. The van der Waals surface area contributed by atoms with Crippen molar-refractivity contribution in [1.29, 1.82) is 0 Å². The third-order valence-corrected chi connectivity index (χ3v) is 4.47. The van der Waals surface area contributed by atoms with Crippen molar-refractivity contribution >= 4 is 17.7 Å². The van der Waals surface area contributed by atoms with Crippen LogP contribution in [0.25, 0.3) is 0 Å². The van der Waals surface area contributed by atoms with Crippen LogP contribution in [0.5, 0.6) is 0 Å². The minimum atomic E-state index is -0.324. The number of hydrogen-bond donors (Lipinski definition) is 1. The van der Waals surface area contributed by atoms with Gasteiger partial charge in [-0.2, -0.15) is 0 Å². The molecule has 2 aromatic rings. The van der Waals surface area contributed by atoms with Crippen LogP contribution in [0, 0.1) is 0 Å². The summed E-state index contributed by atoms with van der Waals surface area (Å²) < 4.78 is 4.71. The standard InChI is InChI=1S/C20H23N3O3/c1-26-19(24)17-9-7-16(8-10-17)15-22-11-13-23(14-12-22)20(25)21-18-5-3-2-4-6-18/h2-10H,11-15H2,1H3,(H,21,25). The fourth-order valence-corrected chi connectivity index (χ4v) is 2.96. The molecule has 1 fully saturated rings. The molecule has 0 bridgehead atoms. The normalized spacial score (nSPS) is 14.7. The first kappa shape index (κ1) is 17.9. The number of urea groups is 1. The van der Waals surface area contributed by atoms with E-state index in [-0.39, 0.29) is 12.0 Å². The summed E-state index contributed by atoms with van der Waals surface area (Å²) in [6.07, 6.45) is 0. The van der Waals surface area contributed by atoms with Crippen LogP contribution >= 0.6 is 0 Å². The lowest BCUT2D eigenvalue weighted by molar-refractivity contribution is 0.0600. The van der Waals surface area contributed by atoms with E-state index < -0.39 is 0 Å². The summed E-state index contributed by atoms with van der Waals surface area (Å²) in [5.74, 6) is -0.324. The zero-order chi connectivity index (χ0) is 18.4. The maximum absolute atomic E-state index is 12.3. The van der Waals surface area contributed by atoms with Crippen molar-refractivity contribution in [2.24, 2.45) is 0 Å². The van der Waals surface area contributed by atoms with Gasteiger partial charge >= 0.3 is 12.0 Å². The Bertz CT molecular complexity index is 739. The predicted molar refractivity (Wildman–Crippen MR) is 100 cm³/mol. The molecule has 1 saturated heterocycles. The molecule has 0 radical (unpaired) electrons. The van der Waals surface area contributed by atoms with Gasteiger partial charge in [0.25, 0.3) is 0 Å². The van der Waals surface area contributed by atoms with E-state index in [1.807, 2.05) is 47.4 Å². The Hall–Kier alpha value is -2.86. The van der Waals surface area contributed by atoms with E-state index in [2.05, 4.69) is 10.2 Å². The van der Waals surface area contributed by atoms with Gasteiger partial charge in [-0.1, -0.05) is 30.3 Å². The van der Waals surface area contributed by atoms with Gasteiger partial charge in [-0.15, -0.1) is 0 Å². The monoisotopic (exact) mass is 353 g/mol. The average molecular weight is 353 g/mol. The number of carbonyl (C=O) groups excluding carboxylic acids is 2. The largest absolute Gasteiger partial charge is 0.465 e. The van der Waals surface area contributed by atoms with E-state index in [0.717, 1.165) is 30.9 Å². The second kappa shape index (κ2) is 8.49. The molecule has 2 amide bonds. The smallest absolute Gasteiger partial charge is 0.337 e. The fourth-order valence-electron chi connectivity index (χ4n) is 2.96. The van der Waals surface area contributed by atoms with Crippen LogP contribution in [0.1, 0.15) is 15.9 Å². The number of para-hydroxylation sites is 1. The van der Waals surface area contributed by atoms with E-state index in [1.165, 1.54) is 7.11 Å². The lowest BCUT2D eigenvalue weighted by Gasteiger charge is -2.34. The number of hydrogen-bond acceptors (Lipinski definition) is 4. The summed E-state index contributed by atoms with van der Waals surface area (Å²) in [4.78, 5) is 27.9. The molecule has 2 aromatic carbocycles. The first-order valence-electron chi connectivity index (χ1n) is 8.66. The maximum Gasteiger partial charge on any atom is 0.337 e. The third-order valence-electron chi connectivity index (χ3n) is 4.47. The number of nitrogens with zero attached hydrogens (tertiary/aromatic N) is 2. The highest BCUT2D eigenvalue weighted by Gasteiger charge is 2.21. The molecule has 6 heteroatoms. The van der Waals surface area contributed by atoms with E-state index in [4.69, 9.17) is 4.74 Å². The molecule has 1 aliphatic rings. The van der Waals surface area contributed by atoms with Crippen molar-refractivity contribution < 1.29 is 14.3 Å². The zero-order valence-electron chi connectivity index (χ0n) is 14.9. The number of anilines is 1. The number of carbonyl (C=O) groups is 2. The van der Waals surface area contributed by atoms with Gasteiger partial charge in [0.1, 0.15) is 0 Å². The van der Waals surface area contributed by atoms with Crippen LogP contribution in [0.4, 0.5) is 10.5 Å². The van der Waals surface area contributed by atoms with Crippen molar-refractivity contribution in [1.82, 2.24) is 9.80 Å². The molecule has 0 atom stereocenters. The number of esters is 1. The van der Waals surface area contributed by atoms with Crippen LogP contribution in [-0.2, 0) is 11.3 Å². The van der Waals surface area contributed by atoms with Gasteiger partial charge in [-0.25, -0.2) is 9.59 Å². The molecule has 0 unspecified atom stereocenters. The zero-order valence-corrected chi connectivity index (χ0v) is 14.9. The SMILES string of the molecule is COC(=O)c1ccc(CN2CCN(C(=O)Nc3ccccc3)CC2)cc1. The van der Waals surface area contributed by atoms with E-state index in [9.17, 15) is 9.59 Å². The van der Waals surface area contributed by atoms with E-state index >= 15 is 0 Å². The first-order valence-corrected chi connectivity index (χ1v) is 8.66. The van der Waals surface area contributed by atoms with Gasteiger partial charge in [-0.05, 0) is 29.8 Å². The summed E-state index contributed by atoms with van der Waals surface area (Å²) in [6, 6.07) is 16.9. The van der Waals surface area contributed by atoms with Gasteiger partial charge in [0.2, 0.25) is 0 Å². The number of piperazine rings is 1. The number of methoxy groups -OCH3 is 1. The third kappa shape index (κ3) is 4.61. The van der Waals surface area contributed by atoms with Gasteiger partial charge < -0.3 is 15.0 Å². The van der Waals surface area contributed by atoms with Crippen LogP contribution in [0.15, 0.2) is 54.6 Å². The van der Waals surface area contributed by atoms with E-state index in [0.29, 0.717) is 18.7 Å². The lowest BCUT2D eigenvalue weighted by atomic mass is 10.1. The molecule has 1 N–H and O–H groups in total. The number of ether oxygens (including phenoxy) is 1. The van der Waals surface area contributed by atoms with Crippen LogP contribution in [0.3, 0.4) is 0 Å². The summed E-state index contributed by atoms with van der Waals surface area (Å²) >= 11 is 0. The molecule has 0 aliphatic carbocycles. The highest BCUT2D eigenvalue weighted by atomic mass is 16.5. The molecule has 6 nitrogen and oxygen atoms in total. The molecular weight excluding hydrogens is 330 g/mol. The van der Waals surface area contributed by atoms with Crippen molar-refractivity contribution in [3.05, 3.63) is 65.7 Å². The van der Waals surface area contributed by atoms with Crippen molar-refractivity contribution in [3.63, 3.8) is 0 Å². The predicted octanol–water partition coefficient (Wildman–Crippen LogP) is 2.82. The van der Waals surface area contributed by atoms with Gasteiger partial charge in [0.15, 0.2) is 0 Å². The quantitative estimate of drug-likeness (QED) is 0.859. The van der Waals surface area contributed by atoms with Crippen LogP contribution in [0.2, 0.25) is 0 Å². The second-order valence-electron chi connectivity index (χ2n) is 6.25. The minimum absolute atomic E-state index is 0.0571. The Morgan fingerprint density at radius 1 is 0.962 bits per heavy atom. The topological polar surface area (TPSA) is 61.9 Å². The summed E-state index contributed by atoms with van der Waals surface area (Å²) in [5, 5.41) is 2.92. The number of amides is 2.